The maximum absolute atomic E-state index is 13.4. The molecule has 0 spiro atoms. The van der Waals surface area contributed by atoms with Gasteiger partial charge in [-0.05, 0) is 49.1 Å². The van der Waals surface area contributed by atoms with Crippen LogP contribution in [-0.4, -0.2) is 50.3 Å². The highest BCUT2D eigenvalue weighted by molar-refractivity contribution is 5.97. The number of halogens is 3. The van der Waals surface area contributed by atoms with Gasteiger partial charge in [-0.25, -0.2) is 0 Å². The molecule has 0 bridgehead atoms. The van der Waals surface area contributed by atoms with Gasteiger partial charge in [0, 0.05) is 50.9 Å². The number of aldehydes is 1. The molecule has 1 aliphatic carbocycles. The number of carbonyl (C=O) groups is 2. The van der Waals surface area contributed by atoms with Crippen molar-refractivity contribution in [3.05, 3.63) is 70.3 Å². The van der Waals surface area contributed by atoms with E-state index in [1.165, 1.54) is 17.0 Å². The van der Waals surface area contributed by atoms with E-state index >= 15 is 0 Å². The molecule has 1 aliphatic heterocycles. The summed E-state index contributed by atoms with van der Waals surface area (Å²) in [6.07, 6.45) is 1.43. The Morgan fingerprint density at radius 2 is 1.82 bits per heavy atom. The van der Waals surface area contributed by atoms with Crippen molar-refractivity contribution in [1.82, 2.24) is 0 Å². The molecular weight excluding hydrogens is 513 g/mol. The summed E-state index contributed by atoms with van der Waals surface area (Å²) >= 11 is 0. The smallest absolute Gasteiger partial charge is 0.368 e. The van der Waals surface area contributed by atoms with E-state index in [-0.39, 0.29) is 17.5 Å². The Morgan fingerprint density at radius 3 is 2.44 bits per heavy atom. The van der Waals surface area contributed by atoms with Crippen LogP contribution in [-0.2, 0) is 15.8 Å². The van der Waals surface area contributed by atoms with Crippen molar-refractivity contribution in [2.45, 2.75) is 25.9 Å². The second kappa shape index (κ2) is 11.5. The molecule has 1 fully saturated rings. The molecule has 2 aromatic carbocycles. The van der Waals surface area contributed by atoms with Gasteiger partial charge in [0.1, 0.15) is 12.0 Å². The van der Waals surface area contributed by atoms with Crippen LogP contribution in [0.15, 0.2) is 54.6 Å². The predicted molar refractivity (Wildman–Crippen MR) is 143 cm³/mol. The lowest BCUT2D eigenvalue weighted by Crippen LogP contribution is -2.46. The number of anilines is 3. The zero-order valence-electron chi connectivity index (χ0n) is 21.8. The number of hydrogen-bond donors (Lipinski definition) is 0. The molecule has 0 radical (unpaired) electrons. The molecule has 1 amide bonds. The van der Waals surface area contributed by atoms with Gasteiger partial charge < -0.3 is 19.5 Å². The fraction of sp³-hybridized carbons (Fsp3) is 0.429. The molecule has 11 heteroatoms. The number of nitro groups is 1. The van der Waals surface area contributed by atoms with Crippen LogP contribution in [0, 0.1) is 27.9 Å². The fourth-order valence-corrected chi connectivity index (χ4v) is 5.46. The fourth-order valence-electron chi connectivity index (χ4n) is 5.46. The number of nitro benzene ring substituents is 1. The summed E-state index contributed by atoms with van der Waals surface area (Å²) in [6.45, 7) is 3.48. The Kier molecular flexibility index (Phi) is 8.27. The minimum Gasteiger partial charge on any atom is -0.368 e. The summed E-state index contributed by atoms with van der Waals surface area (Å²) in [4.78, 5) is 41.7. The Balaban J connectivity index is 1.52. The molecule has 1 heterocycles. The highest BCUT2D eigenvalue weighted by atomic mass is 19.4. The Labute approximate surface area is 224 Å². The van der Waals surface area contributed by atoms with Crippen LogP contribution in [0.1, 0.15) is 25.3 Å². The second-order valence-corrected chi connectivity index (χ2v) is 9.91. The lowest BCUT2D eigenvalue weighted by atomic mass is 9.74. The topological polar surface area (TPSA) is 87.0 Å². The van der Waals surface area contributed by atoms with E-state index < -0.39 is 28.5 Å². The second-order valence-electron chi connectivity index (χ2n) is 9.91. The first-order valence-electron chi connectivity index (χ1n) is 12.9. The monoisotopic (exact) mass is 544 g/mol. The Hall–Kier alpha value is -3.89. The summed E-state index contributed by atoms with van der Waals surface area (Å²) in [5, 5.41) is 12.0. The first-order chi connectivity index (χ1) is 18.5. The van der Waals surface area contributed by atoms with E-state index in [0.29, 0.717) is 56.1 Å². The van der Waals surface area contributed by atoms with E-state index in [1.54, 1.807) is 25.2 Å². The highest BCUT2D eigenvalue weighted by Gasteiger charge is 2.37. The van der Waals surface area contributed by atoms with Crippen molar-refractivity contribution in [1.29, 1.82) is 0 Å². The van der Waals surface area contributed by atoms with E-state index in [2.05, 4.69) is 0 Å². The maximum Gasteiger partial charge on any atom is 0.416 e. The van der Waals surface area contributed by atoms with Crippen LogP contribution in [0.4, 0.5) is 35.9 Å². The van der Waals surface area contributed by atoms with Crippen LogP contribution in [0.5, 0.6) is 0 Å². The molecule has 2 aromatic rings. The summed E-state index contributed by atoms with van der Waals surface area (Å²) in [7, 11) is 1.56. The number of carbonyl (C=O) groups excluding carboxylic acids is 2. The van der Waals surface area contributed by atoms with Gasteiger partial charge in [0.05, 0.1) is 22.1 Å². The van der Waals surface area contributed by atoms with Gasteiger partial charge in [-0.1, -0.05) is 25.1 Å². The number of amides is 1. The van der Waals surface area contributed by atoms with Crippen molar-refractivity contribution in [3.63, 3.8) is 0 Å². The van der Waals surface area contributed by atoms with Crippen molar-refractivity contribution < 1.29 is 27.7 Å². The summed E-state index contributed by atoms with van der Waals surface area (Å²) < 4.78 is 39.4. The first kappa shape index (κ1) is 28.1. The summed E-state index contributed by atoms with van der Waals surface area (Å²) in [5.74, 6) is -1.34. The molecule has 3 unspecified atom stereocenters. The normalized spacial score (nSPS) is 21.5. The summed E-state index contributed by atoms with van der Waals surface area (Å²) in [5.41, 5.74) is 0.299. The third kappa shape index (κ3) is 5.91. The van der Waals surface area contributed by atoms with Crippen molar-refractivity contribution in [2.24, 2.45) is 17.8 Å². The molecule has 1 saturated heterocycles. The standard InChI is InChI=1S/C28H31F3N4O4/c1-3-19-6-4-7-20(18-36)26(19)27(37)32(2)22-10-11-24(25(17-22)35(38)39)34-14-12-33(13-15-34)23-9-5-8-21(16-23)28(29,30)31/h4-6,8-11,16-20,26H,3,7,12-15H2,1-2H3. The predicted octanol–water partition coefficient (Wildman–Crippen LogP) is 5.32. The molecule has 39 heavy (non-hydrogen) atoms. The molecule has 208 valence electrons. The molecule has 0 N–H and O–H groups in total. The third-order valence-electron chi connectivity index (χ3n) is 7.68. The molecule has 3 atom stereocenters. The van der Waals surface area contributed by atoms with Gasteiger partial charge >= 0.3 is 6.18 Å². The maximum atomic E-state index is 13.4. The number of benzene rings is 2. The van der Waals surface area contributed by atoms with Crippen molar-refractivity contribution >= 4 is 34.9 Å². The summed E-state index contributed by atoms with van der Waals surface area (Å²) in [6, 6.07) is 9.74. The lowest BCUT2D eigenvalue weighted by molar-refractivity contribution is -0.384. The number of piperazine rings is 1. The average molecular weight is 545 g/mol. The average Bonchev–Trinajstić information content (AvgIpc) is 2.95. The number of rotatable bonds is 7. The largest absolute Gasteiger partial charge is 0.416 e. The molecule has 2 aliphatic rings. The van der Waals surface area contributed by atoms with Gasteiger partial charge in [-0.3, -0.25) is 14.9 Å². The van der Waals surface area contributed by atoms with Crippen LogP contribution in [0.25, 0.3) is 0 Å². The lowest BCUT2D eigenvalue weighted by Gasteiger charge is -2.37. The van der Waals surface area contributed by atoms with Gasteiger partial charge in [-0.15, -0.1) is 0 Å². The van der Waals surface area contributed by atoms with Gasteiger partial charge in [0.15, 0.2) is 0 Å². The SMILES string of the molecule is CCC1C=CCC(C=O)C1C(=O)N(C)c1ccc(N2CCN(c3cccc(C(F)(F)F)c3)CC2)c([N+](=O)[O-])c1. The third-order valence-corrected chi connectivity index (χ3v) is 7.68. The zero-order chi connectivity index (χ0) is 28.3. The minimum absolute atomic E-state index is 0.0914. The van der Waals surface area contributed by atoms with Gasteiger partial charge in [0.25, 0.3) is 5.69 Å². The Bertz CT molecular complexity index is 1260. The van der Waals surface area contributed by atoms with E-state index in [4.69, 9.17) is 0 Å². The number of alkyl halides is 3. The van der Waals surface area contributed by atoms with Crippen LogP contribution in [0.2, 0.25) is 0 Å². The minimum atomic E-state index is -4.44. The van der Waals surface area contributed by atoms with Gasteiger partial charge in [0.2, 0.25) is 5.91 Å². The van der Waals surface area contributed by atoms with E-state index in [9.17, 15) is 32.9 Å². The number of allylic oxidation sites excluding steroid dienone is 2. The molecule has 0 aromatic heterocycles. The number of hydrogen-bond acceptors (Lipinski definition) is 6. The van der Waals surface area contributed by atoms with Crippen molar-refractivity contribution in [2.75, 3.05) is 47.9 Å². The quantitative estimate of drug-likeness (QED) is 0.203. The molecular formula is C28H31F3N4O4. The molecule has 8 nitrogen and oxygen atoms in total. The zero-order valence-corrected chi connectivity index (χ0v) is 21.8. The first-order valence-corrected chi connectivity index (χ1v) is 12.9. The highest BCUT2D eigenvalue weighted by Crippen LogP contribution is 2.37. The van der Waals surface area contributed by atoms with E-state index in [0.717, 1.165) is 18.4 Å². The van der Waals surface area contributed by atoms with Crippen LogP contribution < -0.4 is 14.7 Å². The van der Waals surface area contributed by atoms with Gasteiger partial charge in [-0.2, -0.15) is 13.2 Å². The van der Waals surface area contributed by atoms with Crippen LogP contribution >= 0.6 is 0 Å². The number of nitrogens with zero attached hydrogens (tertiary/aromatic N) is 4. The van der Waals surface area contributed by atoms with Crippen LogP contribution in [0.3, 0.4) is 0 Å². The van der Waals surface area contributed by atoms with Crippen molar-refractivity contribution in [3.8, 4) is 0 Å². The van der Waals surface area contributed by atoms with E-state index in [1.807, 2.05) is 28.9 Å². The molecule has 4 rings (SSSR count). The Morgan fingerprint density at radius 1 is 1.13 bits per heavy atom. The molecule has 0 saturated carbocycles.